The summed E-state index contributed by atoms with van der Waals surface area (Å²) >= 11 is 1.81. The van der Waals surface area contributed by atoms with Gasteiger partial charge in [-0.25, -0.2) is 9.97 Å². The van der Waals surface area contributed by atoms with E-state index in [0.29, 0.717) is 12.1 Å². The van der Waals surface area contributed by atoms with Crippen molar-refractivity contribution in [2.24, 2.45) is 0 Å². The van der Waals surface area contributed by atoms with Crippen LogP contribution in [0.3, 0.4) is 0 Å². The number of aryl methyl sites for hydroxylation is 3. The largest absolute Gasteiger partial charge is 0.365 e. The van der Waals surface area contributed by atoms with Crippen LogP contribution in [-0.2, 0) is 19.4 Å². The molecule has 2 aromatic heterocycles. The molecule has 1 aliphatic carbocycles. The summed E-state index contributed by atoms with van der Waals surface area (Å²) in [6.45, 7) is 2.61. The summed E-state index contributed by atoms with van der Waals surface area (Å²) in [5, 5.41) is 7.31. The number of amides is 1. The highest BCUT2D eigenvalue weighted by Crippen LogP contribution is 2.39. The molecular weight excluding hydrogens is 332 g/mol. The fourth-order valence-corrected chi connectivity index (χ4v) is 4.64. The van der Waals surface area contributed by atoms with Crippen LogP contribution >= 0.6 is 11.3 Å². The van der Waals surface area contributed by atoms with Crippen molar-refractivity contribution in [2.45, 2.75) is 32.7 Å². The first-order chi connectivity index (χ1) is 12.2. The van der Waals surface area contributed by atoms with Crippen LogP contribution in [0.4, 0.5) is 5.82 Å². The van der Waals surface area contributed by atoms with E-state index in [9.17, 15) is 4.79 Å². The zero-order valence-electron chi connectivity index (χ0n) is 14.3. The SMILES string of the molecule is CNC(=O)c1ccc(CNc2nc(C)nc3sc4c(c23)CCC4)cc1. The summed E-state index contributed by atoms with van der Waals surface area (Å²) in [7, 11) is 1.64. The highest BCUT2D eigenvalue weighted by Gasteiger charge is 2.21. The topological polar surface area (TPSA) is 66.9 Å². The van der Waals surface area contributed by atoms with Gasteiger partial charge in [-0.1, -0.05) is 12.1 Å². The number of carbonyl (C=O) groups is 1. The maximum absolute atomic E-state index is 11.6. The van der Waals surface area contributed by atoms with E-state index >= 15 is 0 Å². The monoisotopic (exact) mass is 352 g/mol. The third kappa shape index (κ3) is 2.98. The van der Waals surface area contributed by atoms with Gasteiger partial charge < -0.3 is 10.6 Å². The Labute approximate surface area is 150 Å². The summed E-state index contributed by atoms with van der Waals surface area (Å²) in [6.07, 6.45) is 3.51. The lowest BCUT2D eigenvalue weighted by molar-refractivity contribution is 0.0963. The fraction of sp³-hybridized carbons (Fsp3) is 0.316. The average molecular weight is 352 g/mol. The Balaban J connectivity index is 1.60. The molecule has 0 spiro atoms. The number of thiophene rings is 1. The molecule has 0 aliphatic heterocycles. The Morgan fingerprint density at radius 1 is 1.20 bits per heavy atom. The van der Waals surface area contributed by atoms with Crippen molar-refractivity contribution in [3.63, 3.8) is 0 Å². The van der Waals surface area contributed by atoms with E-state index in [1.54, 1.807) is 7.05 Å². The molecule has 1 amide bonds. The lowest BCUT2D eigenvalue weighted by Crippen LogP contribution is -2.17. The molecular formula is C19H20N4OS. The molecule has 4 rings (SSSR count). The predicted molar refractivity (Wildman–Crippen MR) is 101 cm³/mol. The second kappa shape index (κ2) is 6.44. The van der Waals surface area contributed by atoms with Crippen molar-refractivity contribution < 1.29 is 4.79 Å². The first-order valence-electron chi connectivity index (χ1n) is 8.49. The maximum Gasteiger partial charge on any atom is 0.251 e. The Morgan fingerprint density at radius 2 is 2.00 bits per heavy atom. The molecule has 0 atom stereocenters. The number of aromatic nitrogens is 2. The van der Waals surface area contributed by atoms with Gasteiger partial charge in [0.05, 0.1) is 5.39 Å². The van der Waals surface area contributed by atoms with Gasteiger partial charge in [-0.3, -0.25) is 4.79 Å². The molecule has 25 heavy (non-hydrogen) atoms. The minimum absolute atomic E-state index is 0.0681. The molecule has 0 saturated carbocycles. The lowest BCUT2D eigenvalue weighted by atomic mass is 10.1. The molecule has 2 N–H and O–H groups in total. The zero-order chi connectivity index (χ0) is 17.4. The minimum atomic E-state index is -0.0681. The van der Waals surface area contributed by atoms with Gasteiger partial charge in [0, 0.05) is 24.0 Å². The second-order valence-corrected chi connectivity index (χ2v) is 7.37. The molecule has 5 nitrogen and oxygen atoms in total. The summed E-state index contributed by atoms with van der Waals surface area (Å²) in [5.74, 6) is 1.66. The Hall–Kier alpha value is -2.47. The Kier molecular flexibility index (Phi) is 4.13. The summed E-state index contributed by atoms with van der Waals surface area (Å²) in [5.41, 5.74) is 3.21. The molecule has 0 radical (unpaired) electrons. The van der Waals surface area contributed by atoms with Gasteiger partial charge in [0.25, 0.3) is 5.91 Å². The zero-order valence-corrected chi connectivity index (χ0v) is 15.2. The van der Waals surface area contributed by atoms with E-state index in [4.69, 9.17) is 0 Å². The highest BCUT2D eigenvalue weighted by atomic mass is 32.1. The second-order valence-electron chi connectivity index (χ2n) is 6.29. The fourth-order valence-electron chi connectivity index (χ4n) is 3.33. The minimum Gasteiger partial charge on any atom is -0.365 e. The number of hydrogen-bond donors (Lipinski definition) is 2. The van der Waals surface area contributed by atoms with E-state index < -0.39 is 0 Å². The lowest BCUT2D eigenvalue weighted by Gasteiger charge is -2.09. The van der Waals surface area contributed by atoms with E-state index in [0.717, 1.165) is 34.9 Å². The van der Waals surface area contributed by atoms with Crippen LogP contribution in [0, 0.1) is 6.92 Å². The normalized spacial score (nSPS) is 13.0. The summed E-state index contributed by atoms with van der Waals surface area (Å²) in [6, 6.07) is 7.64. The van der Waals surface area contributed by atoms with Crippen LogP contribution in [0.2, 0.25) is 0 Å². The number of rotatable bonds is 4. The number of anilines is 1. The molecule has 0 unspecified atom stereocenters. The molecule has 0 bridgehead atoms. The molecule has 2 heterocycles. The van der Waals surface area contributed by atoms with E-state index in [1.165, 1.54) is 22.2 Å². The predicted octanol–water partition coefficient (Wildman–Crippen LogP) is 3.46. The van der Waals surface area contributed by atoms with Gasteiger partial charge in [-0.05, 0) is 49.4 Å². The number of hydrogen-bond acceptors (Lipinski definition) is 5. The van der Waals surface area contributed by atoms with Gasteiger partial charge in [-0.2, -0.15) is 0 Å². The average Bonchev–Trinajstić information content (AvgIpc) is 3.20. The van der Waals surface area contributed by atoms with Crippen LogP contribution in [0.1, 0.15) is 38.6 Å². The van der Waals surface area contributed by atoms with Crippen LogP contribution in [0.25, 0.3) is 10.2 Å². The third-order valence-corrected chi connectivity index (χ3v) is 5.77. The number of carbonyl (C=O) groups excluding carboxylic acids is 1. The molecule has 0 saturated heterocycles. The summed E-state index contributed by atoms with van der Waals surface area (Å²) < 4.78 is 0. The van der Waals surface area contributed by atoms with Gasteiger partial charge in [0.15, 0.2) is 0 Å². The number of fused-ring (bicyclic) bond motifs is 3. The van der Waals surface area contributed by atoms with Gasteiger partial charge in [0.2, 0.25) is 0 Å². The molecule has 6 heteroatoms. The summed E-state index contributed by atoms with van der Waals surface area (Å²) in [4.78, 5) is 23.4. The van der Waals surface area contributed by atoms with Crippen LogP contribution in [-0.4, -0.2) is 22.9 Å². The highest BCUT2D eigenvalue weighted by molar-refractivity contribution is 7.19. The quantitative estimate of drug-likeness (QED) is 0.755. The van der Waals surface area contributed by atoms with Crippen molar-refractivity contribution in [2.75, 3.05) is 12.4 Å². The van der Waals surface area contributed by atoms with Gasteiger partial charge >= 0.3 is 0 Å². The van der Waals surface area contributed by atoms with Crippen molar-refractivity contribution in [1.29, 1.82) is 0 Å². The Bertz CT molecular complexity index is 946. The first kappa shape index (κ1) is 16.0. The van der Waals surface area contributed by atoms with Crippen molar-refractivity contribution in [3.05, 3.63) is 51.7 Å². The molecule has 0 fully saturated rings. The van der Waals surface area contributed by atoms with Crippen molar-refractivity contribution >= 4 is 33.3 Å². The van der Waals surface area contributed by atoms with Gasteiger partial charge in [-0.15, -0.1) is 11.3 Å². The number of benzene rings is 1. The van der Waals surface area contributed by atoms with Gasteiger partial charge in [0.1, 0.15) is 16.5 Å². The van der Waals surface area contributed by atoms with E-state index in [-0.39, 0.29) is 5.91 Å². The standard InChI is InChI=1S/C19H20N4OS/c1-11-22-17(16-14-4-3-5-15(14)25-19(16)23-11)21-10-12-6-8-13(9-7-12)18(24)20-2/h6-9H,3-5,10H2,1-2H3,(H,20,24)(H,21,22,23). The smallest absolute Gasteiger partial charge is 0.251 e. The van der Waals surface area contributed by atoms with Crippen LogP contribution in [0.5, 0.6) is 0 Å². The van der Waals surface area contributed by atoms with Crippen LogP contribution in [0.15, 0.2) is 24.3 Å². The third-order valence-electron chi connectivity index (χ3n) is 4.58. The van der Waals surface area contributed by atoms with E-state index in [2.05, 4.69) is 20.6 Å². The number of nitrogens with one attached hydrogen (secondary N) is 2. The number of nitrogens with zero attached hydrogens (tertiary/aromatic N) is 2. The molecule has 3 aromatic rings. The first-order valence-corrected chi connectivity index (χ1v) is 9.31. The van der Waals surface area contributed by atoms with Crippen molar-refractivity contribution in [3.8, 4) is 0 Å². The van der Waals surface area contributed by atoms with Crippen molar-refractivity contribution in [1.82, 2.24) is 15.3 Å². The molecule has 1 aromatic carbocycles. The Morgan fingerprint density at radius 3 is 2.76 bits per heavy atom. The maximum atomic E-state index is 11.6. The van der Waals surface area contributed by atoms with E-state index in [1.807, 2.05) is 42.5 Å². The molecule has 1 aliphatic rings. The molecule has 128 valence electrons. The van der Waals surface area contributed by atoms with Crippen LogP contribution < -0.4 is 10.6 Å².